The van der Waals surface area contributed by atoms with Crippen molar-refractivity contribution < 1.29 is 4.79 Å². The highest BCUT2D eigenvalue weighted by molar-refractivity contribution is 8.12. The molecule has 15 heavy (non-hydrogen) atoms. The van der Waals surface area contributed by atoms with Gasteiger partial charge in [-0.15, -0.1) is 0 Å². The minimum absolute atomic E-state index is 0.107. The molecule has 1 amide bonds. The first kappa shape index (κ1) is 12.1. The number of nitrogens with zero attached hydrogens (tertiary/aromatic N) is 1. The molecule has 82 valence electrons. The quantitative estimate of drug-likeness (QED) is 0.767. The van der Waals surface area contributed by atoms with Gasteiger partial charge in [0.15, 0.2) is 0 Å². The number of carbonyl (C=O) groups is 1. The zero-order chi connectivity index (χ0) is 11.4. The molecule has 0 saturated heterocycles. The van der Waals surface area contributed by atoms with E-state index < -0.39 is 0 Å². The number of amides is 1. The Kier molecular flexibility index (Phi) is 4.21. The topological polar surface area (TPSA) is 20.3 Å². The molecule has 1 aromatic carbocycles. The van der Waals surface area contributed by atoms with Gasteiger partial charge in [0.25, 0.3) is 5.24 Å². The maximum Gasteiger partial charge on any atom is 0.281 e. The average Bonchev–Trinajstić information content (AvgIpc) is 2.18. The zero-order valence-electron chi connectivity index (χ0n) is 9.70. The Balaban J connectivity index is 2.65. The summed E-state index contributed by atoms with van der Waals surface area (Å²) in [5.41, 5.74) is 3.74. The average molecular weight is 223 g/mol. The van der Waals surface area contributed by atoms with Crippen LogP contribution in [-0.4, -0.2) is 24.2 Å². The van der Waals surface area contributed by atoms with E-state index in [4.69, 9.17) is 0 Å². The van der Waals surface area contributed by atoms with Crippen LogP contribution in [0.25, 0.3) is 0 Å². The molecule has 0 N–H and O–H groups in total. The number of hydrogen-bond donors (Lipinski definition) is 0. The van der Waals surface area contributed by atoms with Crippen molar-refractivity contribution in [3.63, 3.8) is 0 Å². The van der Waals surface area contributed by atoms with E-state index >= 15 is 0 Å². The highest BCUT2D eigenvalue weighted by Gasteiger charge is 2.06. The van der Waals surface area contributed by atoms with Crippen molar-refractivity contribution in [1.82, 2.24) is 4.90 Å². The molecule has 0 aromatic heterocycles. The van der Waals surface area contributed by atoms with Gasteiger partial charge in [-0.3, -0.25) is 4.79 Å². The number of thioether (sulfide) groups is 1. The van der Waals surface area contributed by atoms with Crippen LogP contribution in [0.2, 0.25) is 0 Å². The summed E-state index contributed by atoms with van der Waals surface area (Å²) in [6.07, 6.45) is 0. The van der Waals surface area contributed by atoms with E-state index in [1.807, 2.05) is 0 Å². The predicted octanol–water partition coefficient (Wildman–Crippen LogP) is 3.22. The summed E-state index contributed by atoms with van der Waals surface area (Å²) >= 11 is 1.35. The number of carbonyl (C=O) groups excluding carboxylic acids is 1. The fourth-order valence-corrected chi connectivity index (χ4v) is 2.07. The molecule has 0 spiro atoms. The van der Waals surface area contributed by atoms with Crippen LogP contribution < -0.4 is 0 Å². The second kappa shape index (κ2) is 5.21. The first-order valence-electron chi connectivity index (χ1n) is 4.91. The third-order valence-corrected chi connectivity index (χ3v) is 3.29. The first-order valence-corrected chi connectivity index (χ1v) is 5.89. The van der Waals surface area contributed by atoms with Crippen molar-refractivity contribution in [1.29, 1.82) is 0 Å². The standard InChI is InChI=1S/C12H17NOS/c1-9-5-6-10(2)11(7-9)8-15-12(14)13(3)4/h5-7H,8H2,1-4H3. The summed E-state index contributed by atoms with van der Waals surface area (Å²) in [7, 11) is 3.55. The molecular weight excluding hydrogens is 206 g/mol. The molecule has 0 fully saturated rings. The van der Waals surface area contributed by atoms with Gasteiger partial charge >= 0.3 is 0 Å². The number of benzene rings is 1. The van der Waals surface area contributed by atoms with E-state index in [1.165, 1.54) is 28.5 Å². The van der Waals surface area contributed by atoms with Crippen LogP contribution in [0, 0.1) is 13.8 Å². The molecule has 0 aliphatic carbocycles. The van der Waals surface area contributed by atoms with Crippen molar-refractivity contribution in [2.24, 2.45) is 0 Å². The smallest absolute Gasteiger partial charge is 0.281 e. The molecule has 0 heterocycles. The lowest BCUT2D eigenvalue weighted by Crippen LogP contribution is -2.16. The van der Waals surface area contributed by atoms with Crippen LogP contribution in [0.15, 0.2) is 18.2 Å². The lowest BCUT2D eigenvalue weighted by Gasteiger charge is -2.10. The normalized spacial score (nSPS) is 10.1. The Morgan fingerprint density at radius 1 is 1.33 bits per heavy atom. The summed E-state index contributed by atoms with van der Waals surface area (Å²) in [5, 5.41) is 0.107. The molecule has 0 aliphatic rings. The molecule has 0 unspecified atom stereocenters. The maximum absolute atomic E-state index is 11.4. The lowest BCUT2D eigenvalue weighted by atomic mass is 10.1. The summed E-state index contributed by atoms with van der Waals surface area (Å²) in [4.78, 5) is 13.0. The Labute approximate surface area is 95.7 Å². The minimum Gasteiger partial charge on any atom is -0.340 e. The second-order valence-corrected chi connectivity index (χ2v) is 4.81. The SMILES string of the molecule is Cc1ccc(C)c(CSC(=O)N(C)C)c1. The number of aryl methyl sites for hydroxylation is 2. The molecule has 0 atom stereocenters. The monoisotopic (exact) mass is 223 g/mol. The predicted molar refractivity (Wildman–Crippen MR) is 66.3 cm³/mol. The fourth-order valence-electron chi connectivity index (χ4n) is 1.22. The third kappa shape index (κ3) is 3.59. The zero-order valence-corrected chi connectivity index (χ0v) is 10.5. The fraction of sp³-hybridized carbons (Fsp3) is 0.417. The number of rotatable bonds is 2. The molecule has 0 bridgehead atoms. The maximum atomic E-state index is 11.4. The van der Waals surface area contributed by atoms with E-state index in [2.05, 4.69) is 32.0 Å². The summed E-state index contributed by atoms with van der Waals surface area (Å²) in [6, 6.07) is 6.34. The number of hydrogen-bond acceptors (Lipinski definition) is 2. The van der Waals surface area contributed by atoms with Gasteiger partial charge in [0.1, 0.15) is 0 Å². The Morgan fingerprint density at radius 3 is 2.60 bits per heavy atom. The van der Waals surface area contributed by atoms with Crippen LogP contribution in [0.4, 0.5) is 4.79 Å². The van der Waals surface area contributed by atoms with Gasteiger partial charge in [0.2, 0.25) is 0 Å². The van der Waals surface area contributed by atoms with E-state index in [0.29, 0.717) is 0 Å². The van der Waals surface area contributed by atoms with Crippen LogP contribution in [0.5, 0.6) is 0 Å². The largest absolute Gasteiger partial charge is 0.340 e. The van der Waals surface area contributed by atoms with Gasteiger partial charge in [-0.1, -0.05) is 35.5 Å². The Bertz CT molecular complexity index is 361. The van der Waals surface area contributed by atoms with Crippen LogP contribution in [-0.2, 0) is 5.75 Å². The van der Waals surface area contributed by atoms with Crippen LogP contribution in [0.1, 0.15) is 16.7 Å². The molecule has 3 heteroatoms. The van der Waals surface area contributed by atoms with Gasteiger partial charge in [-0.25, -0.2) is 0 Å². The van der Waals surface area contributed by atoms with Crippen LogP contribution in [0.3, 0.4) is 0 Å². The summed E-state index contributed by atoms with van der Waals surface area (Å²) < 4.78 is 0. The van der Waals surface area contributed by atoms with Crippen molar-refractivity contribution >= 4 is 17.0 Å². The third-order valence-electron chi connectivity index (χ3n) is 2.22. The summed E-state index contributed by atoms with van der Waals surface area (Å²) in [6.45, 7) is 4.15. The van der Waals surface area contributed by atoms with E-state index in [-0.39, 0.29) is 5.24 Å². The van der Waals surface area contributed by atoms with Gasteiger partial charge in [0.05, 0.1) is 0 Å². The lowest BCUT2D eigenvalue weighted by molar-refractivity contribution is 0.241. The Hall–Kier alpha value is -0.960. The summed E-state index contributed by atoms with van der Waals surface area (Å²) in [5.74, 6) is 0.754. The van der Waals surface area contributed by atoms with Crippen LogP contribution >= 0.6 is 11.8 Å². The van der Waals surface area contributed by atoms with Crippen molar-refractivity contribution in [2.45, 2.75) is 19.6 Å². The van der Waals surface area contributed by atoms with Gasteiger partial charge in [-0.05, 0) is 25.0 Å². The van der Waals surface area contributed by atoms with Gasteiger partial charge in [0, 0.05) is 19.8 Å². The molecule has 0 radical (unpaired) electrons. The highest BCUT2D eigenvalue weighted by Crippen LogP contribution is 2.19. The van der Waals surface area contributed by atoms with Crippen molar-refractivity contribution in [3.8, 4) is 0 Å². The van der Waals surface area contributed by atoms with Crippen molar-refractivity contribution in [3.05, 3.63) is 34.9 Å². The molecule has 1 aromatic rings. The minimum atomic E-state index is 0.107. The molecule has 1 rings (SSSR count). The van der Waals surface area contributed by atoms with Gasteiger partial charge in [-0.2, -0.15) is 0 Å². The van der Waals surface area contributed by atoms with Crippen molar-refractivity contribution in [2.75, 3.05) is 14.1 Å². The van der Waals surface area contributed by atoms with E-state index in [1.54, 1.807) is 19.0 Å². The van der Waals surface area contributed by atoms with Gasteiger partial charge < -0.3 is 4.90 Å². The molecular formula is C12H17NOS. The second-order valence-electron chi connectivity index (χ2n) is 3.88. The van der Waals surface area contributed by atoms with E-state index in [9.17, 15) is 4.79 Å². The Morgan fingerprint density at radius 2 is 2.00 bits per heavy atom. The molecule has 0 saturated carbocycles. The first-order chi connectivity index (χ1) is 7.00. The highest BCUT2D eigenvalue weighted by atomic mass is 32.2. The van der Waals surface area contributed by atoms with E-state index in [0.717, 1.165) is 5.75 Å². The molecule has 0 aliphatic heterocycles. The molecule has 2 nitrogen and oxygen atoms in total.